The quantitative estimate of drug-likeness (QED) is 0.583. The predicted molar refractivity (Wildman–Crippen MR) is 52.8 cm³/mol. The van der Waals surface area contributed by atoms with E-state index in [1.165, 1.54) is 5.70 Å². The summed E-state index contributed by atoms with van der Waals surface area (Å²) in [6, 6.07) is 0. The molecule has 0 aromatic rings. The molecule has 64 valence electrons. The van der Waals surface area contributed by atoms with Crippen molar-refractivity contribution in [1.29, 1.82) is 0 Å². The Morgan fingerprint density at radius 1 is 1.31 bits per heavy atom. The van der Waals surface area contributed by atoms with Crippen LogP contribution in [0.25, 0.3) is 0 Å². The Balaban J connectivity index is 2.11. The van der Waals surface area contributed by atoms with Gasteiger partial charge in [0.2, 0.25) is 0 Å². The Bertz CT molecular complexity index is 408. The first kappa shape index (κ1) is 6.83. The van der Waals surface area contributed by atoms with Crippen molar-refractivity contribution in [2.24, 2.45) is 9.98 Å². The van der Waals surface area contributed by atoms with Gasteiger partial charge in [0.05, 0.1) is 17.9 Å². The fraction of sp³-hybridized carbons (Fsp3) is 0.200. The summed E-state index contributed by atoms with van der Waals surface area (Å²) in [7, 11) is 0. The molecule has 3 aliphatic rings. The molecule has 0 bridgehead atoms. The summed E-state index contributed by atoms with van der Waals surface area (Å²) in [5.74, 6) is 0. The van der Waals surface area contributed by atoms with Crippen molar-refractivity contribution >= 4 is 12.4 Å². The predicted octanol–water partition coefficient (Wildman–Crippen LogP) is 1.17. The van der Waals surface area contributed by atoms with Crippen molar-refractivity contribution in [2.45, 2.75) is 6.42 Å². The Labute approximate surface area is 76.3 Å². The molecule has 2 heterocycles. The smallest absolute Gasteiger partial charge is 0.0913 e. The van der Waals surface area contributed by atoms with Crippen LogP contribution in [0, 0.1) is 0 Å². The van der Waals surface area contributed by atoms with E-state index in [0.29, 0.717) is 0 Å². The molecule has 2 aliphatic heterocycles. The van der Waals surface area contributed by atoms with Crippen molar-refractivity contribution in [3.63, 3.8) is 0 Å². The molecule has 0 spiro atoms. The minimum Gasteiger partial charge on any atom is -0.381 e. The molecule has 13 heavy (non-hydrogen) atoms. The highest BCUT2D eigenvalue weighted by Gasteiger charge is 2.21. The first-order valence-electron chi connectivity index (χ1n) is 4.40. The SMILES string of the molecule is C1=NC2=CCC3=C(N=CCN3)C2=C1. The molecule has 0 saturated heterocycles. The van der Waals surface area contributed by atoms with E-state index in [4.69, 9.17) is 0 Å². The maximum Gasteiger partial charge on any atom is 0.0913 e. The van der Waals surface area contributed by atoms with Crippen molar-refractivity contribution < 1.29 is 0 Å². The summed E-state index contributed by atoms with van der Waals surface area (Å²) in [5, 5.41) is 3.32. The second kappa shape index (κ2) is 2.42. The normalized spacial score (nSPS) is 23.4. The molecule has 3 rings (SSSR count). The van der Waals surface area contributed by atoms with Gasteiger partial charge >= 0.3 is 0 Å². The maximum atomic E-state index is 4.40. The molecular weight excluding hydrogens is 162 g/mol. The van der Waals surface area contributed by atoms with Crippen LogP contribution in [0.5, 0.6) is 0 Å². The Morgan fingerprint density at radius 2 is 2.31 bits per heavy atom. The van der Waals surface area contributed by atoms with E-state index in [2.05, 4.69) is 21.4 Å². The fourth-order valence-corrected chi connectivity index (χ4v) is 1.78. The van der Waals surface area contributed by atoms with Crippen LogP contribution >= 0.6 is 0 Å². The Morgan fingerprint density at radius 3 is 3.31 bits per heavy atom. The summed E-state index contributed by atoms with van der Waals surface area (Å²) < 4.78 is 0. The van der Waals surface area contributed by atoms with Crippen LogP contribution in [-0.4, -0.2) is 19.0 Å². The maximum absolute atomic E-state index is 4.40. The first-order chi connectivity index (χ1) is 6.45. The van der Waals surface area contributed by atoms with Crippen LogP contribution in [0.4, 0.5) is 0 Å². The summed E-state index contributed by atoms with van der Waals surface area (Å²) in [4.78, 5) is 8.65. The second-order valence-corrected chi connectivity index (χ2v) is 3.17. The number of nitrogens with zero attached hydrogens (tertiary/aromatic N) is 2. The van der Waals surface area contributed by atoms with Gasteiger partial charge in [0.25, 0.3) is 0 Å². The molecule has 1 N–H and O–H groups in total. The summed E-state index contributed by atoms with van der Waals surface area (Å²) >= 11 is 0. The number of nitrogens with one attached hydrogen (secondary N) is 1. The van der Waals surface area contributed by atoms with Gasteiger partial charge < -0.3 is 5.32 Å². The lowest BCUT2D eigenvalue weighted by molar-refractivity contribution is 0.838. The molecule has 1 aliphatic carbocycles. The average molecular weight is 171 g/mol. The number of fused-ring (bicyclic) bond motifs is 2. The van der Waals surface area contributed by atoms with E-state index in [9.17, 15) is 0 Å². The number of hydrogen-bond donors (Lipinski definition) is 1. The van der Waals surface area contributed by atoms with E-state index in [-0.39, 0.29) is 0 Å². The van der Waals surface area contributed by atoms with Gasteiger partial charge in [0, 0.05) is 30.1 Å². The van der Waals surface area contributed by atoms with Gasteiger partial charge in [-0.05, 0) is 6.08 Å². The summed E-state index contributed by atoms with van der Waals surface area (Å²) in [6.07, 6.45) is 8.82. The van der Waals surface area contributed by atoms with Crippen LogP contribution in [0.15, 0.2) is 44.8 Å². The third-order valence-corrected chi connectivity index (χ3v) is 2.40. The van der Waals surface area contributed by atoms with Gasteiger partial charge in [-0.25, -0.2) is 0 Å². The van der Waals surface area contributed by atoms with E-state index >= 15 is 0 Å². The highest BCUT2D eigenvalue weighted by Crippen LogP contribution is 2.33. The van der Waals surface area contributed by atoms with Crippen LogP contribution in [-0.2, 0) is 0 Å². The lowest BCUT2D eigenvalue weighted by Crippen LogP contribution is -2.23. The van der Waals surface area contributed by atoms with Gasteiger partial charge in [-0.1, -0.05) is 6.08 Å². The van der Waals surface area contributed by atoms with Crippen molar-refractivity contribution in [3.8, 4) is 0 Å². The van der Waals surface area contributed by atoms with E-state index in [0.717, 1.165) is 29.9 Å². The number of rotatable bonds is 0. The molecule has 0 atom stereocenters. The molecule has 0 radical (unpaired) electrons. The third-order valence-electron chi connectivity index (χ3n) is 2.40. The molecule has 3 heteroatoms. The zero-order valence-corrected chi connectivity index (χ0v) is 7.12. The van der Waals surface area contributed by atoms with E-state index in [1.807, 2.05) is 18.5 Å². The Hall–Kier alpha value is -1.64. The zero-order valence-electron chi connectivity index (χ0n) is 7.12. The third kappa shape index (κ3) is 0.900. The molecular formula is C10H9N3. The topological polar surface area (TPSA) is 36.8 Å². The largest absolute Gasteiger partial charge is 0.381 e. The minimum atomic E-state index is 0.843. The lowest BCUT2D eigenvalue weighted by Gasteiger charge is -2.20. The molecule has 3 nitrogen and oxygen atoms in total. The fourth-order valence-electron chi connectivity index (χ4n) is 1.78. The molecule has 0 fully saturated rings. The highest BCUT2D eigenvalue weighted by atomic mass is 15.0. The second-order valence-electron chi connectivity index (χ2n) is 3.17. The number of aliphatic imine (C=N–C) groups is 2. The van der Waals surface area contributed by atoms with E-state index in [1.54, 1.807) is 0 Å². The summed E-state index contributed by atoms with van der Waals surface area (Å²) in [6.45, 7) is 0.843. The lowest BCUT2D eigenvalue weighted by atomic mass is 10.00. The van der Waals surface area contributed by atoms with Crippen molar-refractivity contribution in [2.75, 3.05) is 6.54 Å². The number of allylic oxidation sites excluding steroid dienone is 2. The highest BCUT2D eigenvalue weighted by molar-refractivity contribution is 5.83. The average Bonchev–Trinajstić information content (AvgIpc) is 2.65. The number of hydrogen-bond acceptors (Lipinski definition) is 3. The standard InChI is InChI=1S/C10H9N3/c1-2-9-10(13-6-5-12-9)7-3-4-11-8(1)7/h1,3-4,6,12H,2,5H2. The molecule has 0 unspecified atom stereocenters. The van der Waals surface area contributed by atoms with Gasteiger partial charge in [-0.2, -0.15) is 0 Å². The van der Waals surface area contributed by atoms with Gasteiger partial charge in [0.1, 0.15) is 0 Å². The summed E-state index contributed by atoms with van der Waals surface area (Å²) in [5.41, 5.74) is 4.52. The first-order valence-corrected chi connectivity index (χ1v) is 4.40. The van der Waals surface area contributed by atoms with Crippen molar-refractivity contribution in [3.05, 3.63) is 34.8 Å². The van der Waals surface area contributed by atoms with Crippen LogP contribution in [0.1, 0.15) is 6.42 Å². The molecule has 0 amide bonds. The van der Waals surface area contributed by atoms with Crippen LogP contribution in [0.2, 0.25) is 0 Å². The zero-order chi connectivity index (χ0) is 8.67. The Kier molecular flexibility index (Phi) is 1.27. The van der Waals surface area contributed by atoms with Crippen LogP contribution in [0.3, 0.4) is 0 Å². The van der Waals surface area contributed by atoms with Gasteiger partial charge in [0.15, 0.2) is 0 Å². The van der Waals surface area contributed by atoms with Gasteiger partial charge in [-0.3, -0.25) is 9.98 Å². The minimum absolute atomic E-state index is 0.843. The monoisotopic (exact) mass is 171 g/mol. The van der Waals surface area contributed by atoms with Gasteiger partial charge in [-0.15, -0.1) is 0 Å². The molecule has 0 aromatic carbocycles. The van der Waals surface area contributed by atoms with E-state index < -0.39 is 0 Å². The van der Waals surface area contributed by atoms with Crippen LogP contribution < -0.4 is 5.32 Å². The van der Waals surface area contributed by atoms with Crippen molar-refractivity contribution in [1.82, 2.24) is 5.32 Å². The molecule has 0 aromatic heterocycles. The molecule has 0 saturated carbocycles.